The number of hydrogen-bond donors (Lipinski definition) is 2. The van der Waals surface area contributed by atoms with Crippen LogP contribution in [0.4, 0.5) is 0 Å². The Morgan fingerprint density at radius 1 is 0.911 bits per heavy atom. The molecule has 0 fully saturated rings. The predicted molar refractivity (Wildman–Crippen MR) is 175 cm³/mol. The lowest BCUT2D eigenvalue weighted by molar-refractivity contribution is 0.0956. The van der Waals surface area contributed by atoms with Gasteiger partial charge in [-0.3, -0.25) is 9.35 Å². The number of amides is 1. The largest absolute Gasteiger partial charge is 0.479 e. The molecule has 5 rings (SSSR count). The van der Waals surface area contributed by atoms with Crippen molar-refractivity contribution in [2.24, 2.45) is 0 Å². The summed E-state index contributed by atoms with van der Waals surface area (Å²) >= 11 is 6.07. The molecule has 0 saturated carbocycles. The smallest absolute Gasteiger partial charge is 0.266 e. The Hall–Kier alpha value is -4.44. The fourth-order valence-corrected chi connectivity index (χ4v) is 5.20. The molecule has 45 heavy (non-hydrogen) atoms. The summed E-state index contributed by atoms with van der Waals surface area (Å²) in [5.74, 6) is 0.0311. The molecule has 232 valence electrons. The Labute approximate surface area is 267 Å². The molecule has 2 N–H and O–H groups in total. The van der Waals surface area contributed by atoms with E-state index >= 15 is 0 Å². The van der Waals surface area contributed by atoms with E-state index in [1.165, 1.54) is 5.56 Å². The normalized spacial score (nSPS) is 12.5. The van der Waals surface area contributed by atoms with Gasteiger partial charge in [0.25, 0.3) is 16.0 Å². The molecule has 0 radical (unpaired) electrons. The Bertz CT molecular complexity index is 1880. The van der Waals surface area contributed by atoms with Crippen molar-refractivity contribution < 1.29 is 27.0 Å². The first-order valence-corrected chi connectivity index (χ1v) is 16.3. The van der Waals surface area contributed by atoms with E-state index in [9.17, 15) is 13.2 Å². The Balaban J connectivity index is 1.41. The number of benzene rings is 4. The maximum Gasteiger partial charge on any atom is 0.266 e. The van der Waals surface area contributed by atoms with Crippen LogP contribution in [0.2, 0.25) is 5.02 Å². The van der Waals surface area contributed by atoms with Crippen LogP contribution in [-0.4, -0.2) is 36.3 Å². The lowest BCUT2D eigenvalue weighted by Gasteiger charge is -2.21. The third-order valence-corrected chi connectivity index (χ3v) is 8.19. The van der Waals surface area contributed by atoms with Crippen LogP contribution in [0.25, 0.3) is 22.5 Å². The van der Waals surface area contributed by atoms with Crippen molar-refractivity contribution in [2.75, 3.05) is 12.3 Å². The van der Waals surface area contributed by atoms with Crippen LogP contribution in [0.3, 0.4) is 0 Å². The van der Waals surface area contributed by atoms with Crippen molar-refractivity contribution in [1.82, 2.24) is 10.5 Å². The van der Waals surface area contributed by atoms with Gasteiger partial charge in [0.05, 0.1) is 5.75 Å². The van der Waals surface area contributed by atoms with Gasteiger partial charge >= 0.3 is 0 Å². The summed E-state index contributed by atoms with van der Waals surface area (Å²) in [6.45, 7) is 6.25. The third-order valence-electron chi connectivity index (χ3n) is 7.22. The Morgan fingerprint density at radius 3 is 2.22 bits per heavy atom. The van der Waals surface area contributed by atoms with Crippen LogP contribution in [0, 0.1) is 0 Å². The van der Waals surface area contributed by atoms with E-state index in [0.717, 1.165) is 22.3 Å². The molecule has 1 unspecified atom stereocenters. The quantitative estimate of drug-likeness (QED) is 0.149. The Morgan fingerprint density at radius 2 is 1.58 bits per heavy atom. The number of carbonyl (C=O) groups excluding carboxylic acids is 1. The van der Waals surface area contributed by atoms with Crippen molar-refractivity contribution in [2.45, 2.75) is 32.3 Å². The summed E-state index contributed by atoms with van der Waals surface area (Å²) in [5.41, 5.74) is 5.78. The number of nitrogens with zero attached hydrogens (tertiary/aromatic N) is 1. The fourth-order valence-electron chi connectivity index (χ4n) is 4.72. The van der Waals surface area contributed by atoms with Crippen molar-refractivity contribution in [3.63, 3.8) is 0 Å². The molecule has 1 aromatic heterocycles. The van der Waals surface area contributed by atoms with Crippen molar-refractivity contribution in [3.05, 3.63) is 131 Å². The molecule has 10 heteroatoms. The van der Waals surface area contributed by atoms with Crippen LogP contribution in [-0.2, 0) is 15.5 Å². The van der Waals surface area contributed by atoms with Gasteiger partial charge in [-0.15, -0.1) is 0 Å². The second-order valence-electron chi connectivity index (χ2n) is 11.6. The number of halogens is 1. The van der Waals surface area contributed by atoms with Gasteiger partial charge in [0, 0.05) is 28.8 Å². The maximum atomic E-state index is 12.4. The number of aromatic nitrogens is 1. The number of nitrogens with one attached hydrogen (secondary N) is 1. The number of ether oxygens (including phenoxy) is 1. The van der Waals surface area contributed by atoms with E-state index < -0.39 is 27.9 Å². The summed E-state index contributed by atoms with van der Waals surface area (Å²) in [6, 6.07) is 32.1. The van der Waals surface area contributed by atoms with Gasteiger partial charge in [-0.1, -0.05) is 92.1 Å². The van der Waals surface area contributed by atoms with Gasteiger partial charge in [0.1, 0.15) is 11.4 Å². The first-order chi connectivity index (χ1) is 21.4. The number of rotatable bonds is 10. The van der Waals surface area contributed by atoms with Gasteiger partial charge in [0.15, 0.2) is 11.9 Å². The molecule has 1 amide bonds. The van der Waals surface area contributed by atoms with E-state index in [0.29, 0.717) is 27.8 Å². The predicted octanol–water partition coefficient (Wildman–Crippen LogP) is 7.75. The molecule has 0 aliphatic carbocycles. The van der Waals surface area contributed by atoms with Crippen LogP contribution in [0.15, 0.2) is 108 Å². The topological polar surface area (TPSA) is 119 Å². The van der Waals surface area contributed by atoms with Gasteiger partial charge in [-0.2, -0.15) is 8.42 Å². The number of carbonyl (C=O) groups is 1. The monoisotopic (exact) mass is 644 g/mol. The van der Waals surface area contributed by atoms with E-state index in [-0.39, 0.29) is 12.0 Å². The Kier molecular flexibility index (Phi) is 9.43. The van der Waals surface area contributed by atoms with Crippen LogP contribution in [0.5, 0.6) is 5.75 Å². The maximum absolute atomic E-state index is 12.4. The standard InChI is InChI=1S/C35H33ClN2O6S/c1-35(2,3)28-13-7-24(8-14-28)33(43-30-17-11-25(12-18-30)34(39)37-19-20-45(40,41)42)31-22-32(44-38-31)27-6-4-5-26(21-27)23-9-15-29(36)16-10-23/h4-18,21-22,33H,19-20H2,1-3H3,(H,37,39)(H,40,41,42). The lowest BCUT2D eigenvalue weighted by Crippen LogP contribution is -2.28. The van der Waals surface area contributed by atoms with Crippen molar-refractivity contribution in [3.8, 4) is 28.2 Å². The van der Waals surface area contributed by atoms with E-state index in [1.807, 2.05) is 66.7 Å². The average Bonchev–Trinajstić information content (AvgIpc) is 3.50. The van der Waals surface area contributed by atoms with E-state index in [1.54, 1.807) is 24.3 Å². The molecule has 0 spiro atoms. The van der Waals surface area contributed by atoms with Crippen molar-refractivity contribution >= 4 is 27.6 Å². The first-order valence-electron chi connectivity index (χ1n) is 14.3. The van der Waals surface area contributed by atoms with E-state index in [4.69, 9.17) is 25.4 Å². The summed E-state index contributed by atoms with van der Waals surface area (Å²) in [7, 11) is -4.17. The SMILES string of the molecule is CC(C)(C)c1ccc(C(Oc2ccc(C(=O)NCCS(=O)(=O)O)cc2)c2cc(-c3cccc(-c4ccc(Cl)cc4)c3)on2)cc1. The molecule has 1 heterocycles. The van der Waals surface area contributed by atoms with Gasteiger partial charge < -0.3 is 14.6 Å². The zero-order valence-electron chi connectivity index (χ0n) is 25.0. The minimum absolute atomic E-state index is 0.0250. The third kappa shape index (κ3) is 8.39. The van der Waals surface area contributed by atoms with Crippen LogP contribution >= 0.6 is 11.6 Å². The van der Waals surface area contributed by atoms with Crippen molar-refractivity contribution in [1.29, 1.82) is 0 Å². The second-order valence-corrected chi connectivity index (χ2v) is 13.6. The molecule has 0 bridgehead atoms. The number of hydrogen-bond acceptors (Lipinski definition) is 6. The molecule has 4 aromatic carbocycles. The molecule has 5 aromatic rings. The highest BCUT2D eigenvalue weighted by Gasteiger charge is 2.23. The van der Waals surface area contributed by atoms with Gasteiger partial charge in [-0.05, 0) is 70.1 Å². The molecule has 1 atom stereocenters. The molecule has 0 saturated heterocycles. The lowest BCUT2D eigenvalue weighted by atomic mass is 9.86. The van der Waals surface area contributed by atoms with E-state index in [2.05, 4.69) is 43.4 Å². The molecule has 0 aliphatic heterocycles. The first kappa shape index (κ1) is 32.0. The zero-order valence-corrected chi connectivity index (χ0v) is 26.6. The summed E-state index contributed by atoms with van der Waals surface area (Å²) in [4.78, 5) is 12.4. The van der Waals surface area contributed by atoms with Crippen LogP contribution < -0.4 is 10.1 Å². The highest BCUT2D eigenvalue weighted by atomic mass is 35.5. The molecular weight excluding hydrogens is 612 g/mol. The average molecular weight is 645 g/mol. The summed E-state index contributed by atoms with van der Waals surface area (Å²) in [5, 5.41) is 7.54. The summed E-state index contributed by atoms with van der Waals surface area (Å²) < 4.78 is 43.0. The molecule has 0 aliphatic rings. The zero-order chi connectivity index (χ0) is 32.2. The second kappa shape index (κ2) is 13.3. The highest BCUT2D eigenvalue weighted by Crippen LogP contribution is 2.34. The molecular formula is C35H33ClN2O6S. The van der Waals surface area contributed by atoms with Gasteiger partial charge in [0.2, 0.25) is 0 Å². The highest BCUT2D eigenvalue weighted by molar-refractivity contribution is 7.85. The minimum atomic E-state index is -4.17. The fraction of sp³-hybridized carbons (Fsp3) is 0.200. The van der Waals surface area contributed by atoms with Gasteiger partial charge in [-0.25, -0.2) is 0 Å². The summed E-state index contributed by atoms with van der Waals surface area (Å²) in [6.07, 6.45) is -0.620. The molecule has 8 nitrogen and oxygen atoms in total. The minimum Gasteiger partial charge on any atom is -0.479 e. The van der Waals surface area contributed by atoms with Crippen LogP contribution in [0.1, 0.15) is 54.1 Å².